The summed E-state index contributed by atoms with van der Waals surface area (Å²) in [6.45, 7) is 4.14. The van der Waals surface area contributed by atoms with Gasteiger partial charge in [0.1, 0.15) is 0 Å². The number of carbonyl (C=O) groups excluding carboxylic acids is 1. The quantitative estimate of drug-likeness (QED) is 0.706. The van der Waals surface area contributed by atoms with Crippen LogP contribution < -0.4 is 5.32 Å². The van der Waals surface area contributed by atoms with E-state index < -0.39 is 5.81 Å². The van der Waals surface area contributed by atoms with Crippen LogP contribution in [0, 0.1) is 0 Å². The van der Waals surface area contributed by atoms with Crippen LogP contribution in [0.4, 0.5) is 9.93 Å². The molecule has 0 atom stereocenters. The minimum Gasteiger partial charge on any atom is -0.312 e. The minimum atomic E-state index is -0.570. The lowest BCUT2D eigenvalue weighted by atomic mass is 10.1. The number of amides is 1. The lowest BCUT2D eigenvalue weighted by molar-refractivity contribution is 0.269. The van der Waals surface area contributed by atoms with Crippen LogP contribution in [-0.2, 0) is 0 Å². The molecule has 0 bridgehead atoms. The van der Waals surface area contributed by atoms with Crippen LogP contribution in [0.5, 0.6) is 0 Å². The fourth-order valence-electron chi connectivity index (χ4n) is 0.717. The first-order valence-corrected chi connectivity index (χ1v) is 4.43. The molecule has 0 aliphatic carbocycles. The molecule has 0 spiro atoms. The number of thiazole rings is 1. The van der Waals surface area contributed by atoms with Gasteiger partial charge in [0.05, 0.1) is 0 Å². The normalized spacial score (nSPS) is 10.2. The molecule has 1 amide bonds. The Morgan fingerprint density at radius 1 is 1.75 bits per heavy atom. The Kier molecular flexibility index (Phi) is 2.86. The Morgan fingerprint density at radius 2 is 2.42 bits per heavy atom. The third kappa shape index (κ3) is 2.34. The summed E-state index contributed by atoms with van der Waals surface area (Å²) in [5.74, 6) is -0.134. The van der Waals surface area contributed by atoms with E-state index in [1.807, 2.05) is 0 Å². The Labute approximate surface area is 76.6 Å². The molecule has 5 heteroatoms. The highest BCUT2D eigenvalue weighted by atomic mass is 32.1. The predicted octanol–water partition coefficient (Wildman–Crippen LogP) is 1.97. The van der Waals surface area contributed by atoms with Gasteiger partial charge in [0.15, 0.2) is 10.9 Å². The molecule has 62 valence electrons. The van der Waals surface area contributed by atoms with Crippen molar-refractivity contribution in [2.24, 2.45) is 0 Å². The first-order chi connectivity index (χ1) is 5.59. The van der Waals surface area contributed by atoms with Crippen molar-refractivity contribution in [3.63, 3.8) is 0 Å². The number of carbonyl (C=O) groups is 1. The van der Waals surface area contributed by atoms with Crippen LogP contribution >= 0.6 is 11.3 Å². The minimum absolute atomic E-state index is 0.436. The van der Waals surface area contributed by atoms with Crippen molar-refractivity contribution in [1.82, 2.24) is 4.98 Å². The predicted molar refractivity (Wildman–Crippen MR) is 51.0 cm³/mol. The van der Waals surface area contributed by atoms with Gasteiger partial charge in [0, 0.05) is 11.1 Å². The zero-order chi connectivity index (χ0) is 9.14. The van der Waals surface area contributed by atoms with Crippen LogP contribution in [0.15, 0.2) is 6.20 Å². The highest BCUT2D eigenvalue weighted by Gasteiger charge is 2.05. The zero-order valence-electron chi connectivity index (χ0n) is 7.00. The van der Waals surface area contributed by atoms with Gasteiger partial charge in [0.25, 0.3) is 0 Å². The van der Waals surface area contributed by atoms with Crippen LogP contribution in [0.1, 0.15) is 24.6 Å². The standard InChI is InChI=1S/C7H9BN2OS/c1-4(2)5-3-9-7(12-5)10-6(8)11/h3-4H,1-2H3,(H,9,10,11). The monoisotopic (exact) mass is 180 g/mol. The average molecular weight is 180 g/mol. The maximum atomic E-state index is 10.4. The van der Waals surface area contributed by atoms with E-state index in [1.54, 1.807) is 6.20 Å². The van der Waals surface area contributed by atoms with Crippen molar-refractivity contribution in [3.8, 4) is 0 Å². The van der Waals surface area contributed by atoms with Crippen molar-refractivity contribution in [1.29, 1.82) is 0 Å². The van der Waals surface area contributed by atoms with Crippen molar-refractivity contribution in [3.05, 3.63) is 11.1 Å². The van der Waals surface area contributed by atoms with Crippen LogP contribution in [0.25, 0.3) is 0 Å². The molecule has 0 aliphatic rings. The molecular weight excluding hydrogens is 171 g/mol. The molecule has 3 nitrogen and oxygen atoms in total. The highest BCUT2D eigenvalue weighted by molar-refractivity contribution is 7.16. The third-order valence-electron chi connectivity index (χ3n) is 1.32. The number of rotatable bonds is 2. The lowest BCUT2D eigenvalue weighted by Crippen LogP contribution is -2.07. The molecule has 0 unspecified atom stereocenters. The summed E-state index contributed by atoms with van der Waals surface area (Å²) in [6.07, 6.45) is 1.75. The summed E-state index contributed by atoms with van der Waals surface area (Å²) in [5.41, 5.74) is 0. The SMILES string of the molecule is [B]C(=O)Nc1ncc(C(C)C)s1. The molecule has 1 heterocycles. The second kappa shape index (κ2) is 3.71. The van der Waals surface area contributed by atoms with Crippen LogP contribution in [0.3, 0.4) is 0 Å². The zero-order valence-corrected chi connectivity index (χ0v) is 7.81. The van der Waals surface area contributed by atoms with Gasteiger partial charge in [-0.1, -0.05) is 13.8 Å². The Bertz CT molecular complexity index is 285. The van der Waals surface area contributed by atoms with E-state index in [-0.39, 0.29) is 0 Å². The first kappa shape index (κ1) is 9.25. The van der Waals surface area contributed by atoms with E-state index in [1.165, 1.54) is 11.3 Å². The van der Waals surface area contributed by atoms with Crippen molar-refractivity contribution >= 4 is 30.1 Å². The topological polar surface area (TPSA) is 42.0 Å². The molecule has 2 radical (unpaired) electrons. The lowest BCUT2D eigenvalue weighted by Gasteiger charge is -1.96. The summed E-state index contributed by atoms with van der Waals surface area (Å²) < 4.78 is 0. The number of nitrogens with zero attached hydrogens (tertiary/aromatic N) is 1. The fraction of sp³-hybridized carbons (Fsp3) is 0.429. The van der Waals surface area contributed by atoms with E-state index in [9.17, 15) is 4.79 Å². The van der Waals surface area contributed by atoms with E-state index in [4.69, 9.17) is 7.85 Å². The third-order valence-corrected chi connectivity index (χ3v) is 2.54. The molecule has 0 saturated heterocycles. The van der Waals surface area contributed by atoms with Gasteiger partial charge in [-0.05, 0) is 5.92 Å². The molecule has 0 fully saturated rings. The number of hydrogen-bond acceptors (Lipinski definition) is 3. The van der Waals surface area contributed by atoms with E-state index >= 15 is 0 Å². The molecule has 12 heavy (non-hydrogen) atoms. The first-order valence-electron chi connectivity index (χ1n) is 3.61. The smallest absolute Gasteiger partial charge is 0.201 e. The van der Waals surface area contributed by atoms with Gasteiger partial charge < -0.3 is 5.32 Å². The van der Waals surface area contributed by atoms with Gasteiger partial charge in [-0.15, -0.1) is 11.3 Å². The van der Waals surface area contributed by atoms with Crippen LogP contribution in [-0.4, -0.2) is 18.6 Å². The maximum absolute atomic E-state index is 10.4. The summed E-state index contributed by atoms with van der Waals surface area (Å²) in [4.78, 5) is 15.5. The van der Waals surface area contributed by atoms with Gasteiger partial charge in [0.2, 0.25) is 7.85 Å². The summed E-state index contributed by atoms with van der Waals surface area (Å²) in [7, 11) is 4.93. The van der Waals surface area contributed by atoms with Gasteiger partial charge >= 0.3 is 0 Å². The van der Waals surface area contributed by atoms with Crippen molar-refractivity contribution in [2.45, 2.75) is 19.8 Å². The second-order valence-electron chi connectivity index (χ2n) is 2.71. The number of hydrogen-bond donors (Lipinski definition) is 1. The average Bonchev–Trinajstić information content (AvgIpc) is 2.34. The molecule has 1 aromatic heterocycles. The summed E-state index contributed by atoms with van der Waals surface area (Å²) >= 11 is 1.45. The Morgan fingerprint density at radius 3 is 2.83 bits per heavy atom. The van der Waals surface area contributed by atoms with Gasteiger partial charge in [-0.3, -0.25) is 4.79 Å². The molecule has 0 aromatic carbocycles. The van der Waals surface area contributed by atoms with Crippen molar-refractivity contribution < 1.29 is 4.79 Å². The highest BCUT2D eigenvalue weighted by Crippen LogP contribution is 2.24. The second-order valence-corrected chi connectivity index (χ2v) is 3.77. The van der Waals surface area contributed by atoms with Crippen LogP contribution in [0.2, 0.25) is 0 Å². The number of aromatic nitrogens is 1. The summed E-state index contributed by atoms with van der Waals surface area (Å²) in [6, 6.07) is 0. The fourth-order valence-corrected chi connectivity index (χ4v) is 1.54. The van der Waals surface area contributed by atoms with Gasteiger partial charge in [-0.2, -0.15) is 0 Å². The molecule has 1 rings (SSSR count). The maximum Gasteiger partial charge on any atom is 0.201 e. The van der Waals surface area contributed by atoms with E-state index in [0.717, 1.165) is 4.88 Å². The van der Waals surface area contributed by atoms with E-state index in [2.05, 4.69) is 24.1 Å². The molecule has 0 saturated carbocycles. The largest absolute Gasteiger partial charge is 0.312 e. The van der Waals surface area contributed by atoms with Gasteiger partial charge in [-0.25, -0.2) is 4.98 Å². The molecule has 1 N–H and O–H groups in total. The molecule has 0 aliphatic heterocycles. The number of anilines is 1. The molecule has 1 aromatic rings. The van der Waals surface area contributed by atoms with Crippen molar-refractivity contribution in [2.75, 3.05) is 5.32 Å². The summed E-state index contributed by atoms with van der Waals surface area (Å²) in [5, 5.41) is 2.99. The Hall–Kier alpha value is -0.835. The number of nitrogens with one attached hydrogen (secondary N) is 1. The molecular formula is C7H9BN2OS. The van der Waals surface area contributed by atoms with E-state index in [0.29, 0.717) is 11.0 Å². The Balaban J connectivity index is 2.70.